The van der Waals surface area contributed by atoms with E-state index in [1.165, 1.54) is 18.2 Å². The fourth-order valence-corrected chi connectivity index (χ4v) is 2.09. The van der Waals surface area contributed by atoms with E-state index in [2.05, 4.69) is 5.32 Å². The quantitative estimate of drug-likeness (QED) is 0.759. The number of hydrogen-bond acceptors (Lipinski definition) is 3. The lowest BCUT2D eigenvalue weighted by Crippen LogP contribution is -2.59. The van der Waals surface area contributed by atoms with Crippen molar-refractivity contribution in [2.75, 3.05) is 4.90 Å². The maximum atomic E-state index is 13.1. The van der Waals surface area contributed by atoms with Crippen molar-refractivity contribution in [3.05, 3.63) is 30.1 Å². The Bertz CT molecular complexity index is 580. The summed E-state index contributed by atoms with van der Waals surface area (Å²) in [7, 11) is 0. The Morgan fingerprint density at radius 3 is 2.56 bits per heavy atom. The number of anilines is 1. The van der Waals surface area contributed by atoms with Gasteiger partial charge in [0, 0.05) is 0 Å². The summed E-state index contributed by atoms with van der Waals surface area (Å²) >= 11 is 0. The summed E-state index contributed by atoms with van der Waals surface area (Å²) in [6, 6.07) is 4.33. The number of imide groups is 2. The van der Waals surface area contributed by atoms with Gasteiger partial charge in [0.15, 0.2) is 0 Å². The number of nitrogens with one attached hydrogen (secondary N) is 1. The number of carbonyl (C=O) groups excluding carboxylic acids is 3. The minimum atomic E-state index is -1.11. The number of amides is 4. The number of rotatable bonds is 1. The topological polar surface area (TPSA) is 66.5 Å². The summed E-state index contributed by atoms with van der Waals surface area (Å²) in [5.41, 5.74) is -0.975. The molecule has 0 unspecified atom stereocenters. The smallest absolute Gasteiger partial charge is 0.276 e. The molecular formula is C12H9FN2O3. The lowest BCUT2D eigenvalue weighted by atomic mass is 10.0. The van der Waals surface area contributed by atoms with Crippen molar-refractivity contribution in [2.45, 2.75) is 12.8 Å². The zero-order valence-corrected chi connectivity index (χ0v) is 9.27. The number of barbiturate groups is 1. The third-order valence-electron chi connectivity index (χ3n) is 3.29. The second kappa shape index (κ2) is 3.38. The molecule has 1 spiro atoms. The molecule has 1 saturated carbocycles. The van der Waals surface area contributed by atoms with Gasteiger partial charge in [-0.05, 0) is 31.0 Å². The van der Waals surface area contributed by atoms with Gasteiger partial charge in [-0.1, -0.05) is 6.07 Å². The lowest BCUT2D eigenvalue weighted by molar-refractivity contribution is -0.136. The van der Waals surface area contributed by atoms with E-state index in [0.29, 0.717) is 12.8 Å². The van der Waals surface area contributed by atoms with Crippen molar-refractivity contribution >= 4 is 23.5 Å². The van der Waals surface area contributed by atoms with Crippen molar-refractivity contribution in [3.8, 4) is 0 Å². The summed E-state index contributed by atoms with van der Waals surface area (Å²) in [6.45, 7) is 0. The molecule has 18 heavy (non-hydrogen) atoms. The molecule has 4 amide bonds. The van der Waals surface area contributed by atoms with E-state index in [9.17, 15) is 18.8 Å². The van der Waals surface area contributed by atoms with Gasteiger partial charge >= 0.3 is 6.03 Å². The molecule has 0 atom stereocenters. The van der Waals surface area contributed by atoms with Gasteiger partial charge in [0.1, 0.15) is 11.2 Å². The van der Waals surface area contributed by atoms with Crippen molar-refractivity contribution < 1.29 is 18.8 Å². The number of nitrogens with zero attached hydrogens (tertiary/aromatic N) is 1. The summed E-state index contributed by atoms with van der Waals surface area (Å²) in [4.78, 5) is 36.3. The molecule has 2 fully saturated rings. The lowest BCUT2D eigenvalue weighted by Gasteiger charge is -2.30. The van der Waals surface area contributed by atoms with Gasteiger partial charge in [0.2, 0.25) is 5.91 Å². The van der Waals surface area contributed by atoms with Crippen molar-refractivity contribution in [1.29, 1.82) is 0 Å². The average Bonchev–Trinajstić information content (AvgIpc) is 3.08. The van der Waals surface area contributed by atoms with Crippen LogP contribution in [0.15, 0.2) is 24.3 Å². The Morgan fingerprint density at radius 2 is 1.94 bits per heavy atom. The Labute approximate surface area is 102 Å². The van der Waals surface area contributed by atoms with E-state index >= 15 is 0 Å². The molecule has 1 aromatic carbocycles. The number of urea groups is 1. The third-order valence-corrected chi connectivity index (χ3v) is 3.29. The predicted octanol–water partition coefficient (Wildman–Crippen LogP) is 1.19. The standard InChI is InChI=1S/C12H9FN2O3/c13-7-2-1-3-8(6-7)15-10(17)12(4-5-12)9(16)14-11(15)18/h1-3,6H,4-5H2,(H,14,16,18). The second-order valence-corrected chi connectivity index (χ2v) is 4.46. The number of benzene rings is 1. The summed E-state index contributed by atoms with van der Waals surface area (Å²) < 4.78 is 13.1. The fraction of sp³-hybridized carbons (Fsp3) is 0.250. The zero-order valence-electron chi connectivity index (χ0n) is 9.27. The van der Waals surface area contributed by atoms with E-state index in [1.807, 2.05) is 0 Å². The second-order valence-electron chi connectivity index (χ2n) is 4.46. The molecule has 0 aromatic heterocycles. The van der Waals surface area contributed by atoms with E-state index in [0.717, 1.165) is 11.0 Å². The van der Waals surface area contributed by atoms with Crippen LogP contribution in [-0.4, -0.2) is 17.8 Å². The Kier molecular flexibility index (Phi) is 2.04. The fourth-order valence-electron chi connectivity index (χ4n) is 2.09. The molecule has 5 nitrogen and oxygen atoms in total. The Morgan fingerprint density at radius 1 is 1.22 bits per heavy atom. The highest BCUT2D eigenvalue weighted by atomic mass is 19.1. The molecule has 1 N–H and O–H groups in total. The van der Waals surface area contributed by atoms with Crippen LogP contribution in [0.1, 0.15) is 12.8 Å². The van der Waals surface area contributed by atoms with Crippen molar-refractivity contribution in [3.63, 3.8) is 0 Å². The first-order chi connectivity index (χ1) is 8.54. The molecule has 0 radical (unpaired) electrons. The largest absolute Gasteiger partial charge is 0.335 e. The highest BCUT2D eigenvalue weighted by Gasteiger charge is 2.62. The van der Waals surface area contributed by atoms with Gasteiger partial charge in [-0.25, -0.2) is 14.1 Å². The van der Waals surface area contributed by atoms with Crippen LogP contribution in [0.2, 0.25) is 0 Å². The van der Waals surface area contributed by atoms with Crippen LogP contribution in [0, 0.1) is 11.2 Å². The van der Waals surface area contributed by atoms with Gasteiger partial charge < -0.3 is 0 Å². The summed E-state index contributed by atoms with van der Waals surface area (Å²) in [6.07, 6.45) is 0.855. The Balaban J connectivity index is 2.03. The minimum Gasteiger partial charge on any atom is -0.276 e. The molecule has 1 aliphatic heterocycles. The van der Waals surface area contributed by atoms with Crippen molar-refractivity contribution in [1.82, 2.24) is 5.32 Å². The van der Waals surface area contributed by atoms with Crippen LogP contribution in [0.5, 0.6) is 0 Å². The molecular weight excluding hydrogens is 239 g/mol. The maximum absolute atomic E-state index is 13.1. The van der Waals surface area contributed by atoms with Crippen molar-refractivity contribution in [2.24, 2.45) is 5.41 Å². The van der Waals surface area contributed by atoms with Gasteiger partial charge in [-0.2, -0.15) is 0 Å². The minimum absolute atomic E-state index is 0.135. The average molecular weight is 248 g/mol. The van der Waals surface area contributed by atoms with Crippen LogP contribution in [0.4, 0.5) is 14.9 Å². The van der Waals surface area contributed by atoms with E-state index in [4.69, 9.17) is 0 Å². The number of halogens is 1. The molecule has 1 aromatic rings. The molecule has 1 heterocycles. The van der Waals surface area contributed by atoms with E-state index in [-0.39, 0.29) is 5.69 Å². The van der Waals surface area contributed by atoms with E-state index in [1.54, 1.807) is 0 Å². The first-order valence-electron chi connectivity index (χ1n) is 5.50. The van der Waals surface area contributed by atoms with Crippen LogP contribution in [0.3, 0.4) is 0 Å². The Hall–Kier alpha value is -2.24. The van der Waals surface area contributed by atoms with Gasteiger partial charge in [0.05, 0.1) is 5.69 Å². The first-order valence-corrected chi connectivity index (χ1v) is 5.50. The molecule has 1 aliphatic carbocycles. The third kappa shape index (κ3) is 1.35. The van der Waals surface area contributed by atoms with E-state index < -0.39 is 29.1 Å². The number of carbonyl (C=O) groups is 3. The highest BCUT2D eigenvalue weighted by Crippen LogP contribution is 2.49. The summed E-state index contributed by atoms with van der Waals surface area (Å²) in [5, 5.41) is 2.14. The summed E-state index contributed by atoms with van der Waals surface area (Å²) in [5.74, 6) is -1.66. The normalized spacial score (nSPS) is 21.2. The molecule has 92 valence electrons. The van der Waals surface area contributed by atoms with Crippen LogP contribution in [-0.2, 0) is 9.59 Å². The SMILES string of the molecule is O=C1NC(=O)C2(CC2)C(=O)N1c1cccc(F)c1. The van der Waals surface area contributed by atoms with Crippen LogP contribution >= 0.6 is 0 Å². The highest BCUT2D eigenvalue weighted by molar-refractivity contribution is 6.31. The maximum Gasteiger partial charge on any atom is 0.335 e. The van der Waals surface area contributed by atoms with Gasteiger partial charge in [0.25, 0.3) is 5.91 Å². The van der Waals surface area contributed by atoms with Gasteiger partial charge in [-0.15, -0.1) is 0 Å². The molecule has 1 saturated heterocycles. The molecule has 6 heteroatoms. The molecule has 0 bridgehead atoms. The molecule has 2 aliphatic rings. The zero-order chi connectivity index (χ0) is 12.9. The van der Waals surface area contributed by atoms with Crippen LogP contribution in [0.25, 0.3) is 0 Å². The predicted molar refractivity (Wildman–Crippen MR) is 59.1 cm³/mol. The first kappa shape index (κ1) is 10.9. The van der Waals surface area contributed by atoms with Gasteiger partial charge in [-0.3, -0.25) is 14.9 Å². The molecule has 3 rings (SSSR count). The monoisotopic (exact) mass is 248 g/mol. The van der Waals surface area contributed by atoms with Crippen LogP contribution < -0.4 is 10.2 Å². The number of hydrogen-bond donors (Lipinski definition) is 1.